The van der Waals surface area contributed by atoms with Crippen LogP contribution >= 0.6 is 24.0 Å². The van der Waals surface area contributed by atoms with E-state index in [-0.39, 0.29) is 29.9 Å². The first-order valence-electron chi connectivity index (χ1n) is 6.54. The van der Waals surface area contributed by atoms with E-state index < -0.39 is 13.0 Å². The Morgan fingerprint density at radius 2 is 2.00 bits per heavy atom. The highest BCUT2D eigenvalue weighted by molar-refractivity contribution is 14.0. The van der Waals surface area contributed by atoms with Gasteiger partial charge in [0.1, 0.15) is 0 Å². The maximum Gasteiger partial charge on any atom is 0.272 e. The minimum Gasteiger partial charge on any atom is -0.471 e. The van der Waals surface area contributed by atoms with E-state index in [1.807, 2.05) is 13.8 Å². The smallest absolute Gasteiger partial charge is 0.272 e. The molecule has 0 aliphatic carbocycles. The second-order valence-corrected chi connectivity index (χ2v) is 3.90. The van der Waals surface area contributed by atoms with Crippen molar-refractivity contribution >= 4 is 29.9 Å². The molecule has 0 aliphatic heterocycles. The molecule has 1 aromatic heterocycles. The monoisotopic (exact) mass is 414 g/mol. The number of ether oxygens (including phenoxy) is 1. The van der Waals surface area contributed by atoms with Crippen LogP contribution in [0.4, 0.5) is 8.78 Å². The number of halogens is 3. The Hall–Kier alpha value is -1.19. The van der Waals surface area contributed by atoms with E-state index in [4.69, 9.17) is 4.74 Å². The van der Waals surface area contributed by atoms with Gasteiger partial charge < -0.3 is 15.4 Å². The zero-order valence-electron chi connectivity index (χ0n) is 12.1. The molecule has 0 bridgehead atoms. The molecule has 0 amide bonds. The molecule has 0 saturated heterocycles. The van der Waals surface area contributed by atoms with Gasteiger partial charge in [-0.05, 0) is 19.9 Å². The lowest BCUT2D eigenvalue weighted by Gasteiger charge is -2.11. The molecule has 8 heteroatoms. The Morgan fingerprint density at radius 1 is 1.33 bits per heavy atom. The molecule has 0 fully saturated rings. The second-order valence-electron chi connectivity index (χ2n) is 3.90. The Balaban J connectivity index is 0.00000400. The van der Waals surface area contributed by atoms with Gasteiger partial charge in [-0.25, -0.2) is 18.8 Å². The third-order valence-electron chi connectivity index (χ3n) is 2.29. The number of alkyl halides is 2. The maximum absolute atomic E-state index is 12.2. The lowest BCUT2D eigenvalue weighted by Crippen LogP contribution is -2.37. The molecule has 21 heavy (non-hydrogen) atoms. The molecule has 1 rings (SSSR count). The molecule has 1 heterocycles. The molecule has 0 atom stereocenters. The number of pyridine rings is 1. The zero-order valence-corrected chi connectivity index (χ0v) is 14.4. The molecular formula is C13H21F2IN4O. The number of nitrogens with zero attached hydrogens (tertiary/aromatic N) is 2. The minimum atomic E-state index is -2.52. The predicted octanol–water partition coefficient (Wildman–Crippen LogP) is 2.42. The van der Waals surface area contributed by atoms with E-state index in [0.29, 0.717) is 18.1 Å². The number of nitrogens with one attached hydrogen (secondary N) is 2. The molecule has 0 saturated carbocycles. The summed E-state index contributed by atoms with van der Waals surface area (Å²) in [5.74, 6) is 0.863. The summed E-state index contributed by atoms with van der Waals surface area (Å²) in [7, 11) is 0. The molecular weight excluding hydrogens is 393 g/mol. The van der Waals surface area contributed by atoms with E-state index >= 15 is 0 Å². The maximum atomic E-state index is 12.2. The molecule has 0 radical (unpaired) electrons. The average Bonchev–Trinajstić information content (AvgIpc) is 2.44. The number of hydrogen-bond acceptors (Lipinski definition) is 3. The van der Waals surface area contributed by atoms with Crippen LogP contribution < -0.4 is 15.4 Å². The van der Waals surface area contributed by atoms with E-state index in [0.717, 1.165) is 13.1 Å². The largest absolute Gasteiger partial charge is 0.471 e. The molecule has 120 valence electrons. The first-order chi connectivity index (χ1) is 9.67. The number of aliphatic imine (C=N–C) groups is 1. The molecule has 2 N–H and O–H groups in total. The minimum absolute atomic E-state index is 0. The fourth-order valence-corrected chi connectivity index (χ4v) is 1.49. The first kappa shape index (κ1) is 19.8. The first-order valence-corrected chi connectivity index (χ1v) is 6.54. The summed E-state index contributed by atoms with van der Waals surface area (Å²) in [5.41, 5.74) is 0.668. The van der Waals surface area contributed by atoms with E-state index in [1.165, 1.54) is 6.20 Å². The Labute approximate surface area is 140 Å². The van der Waals surface area contributed by atoms with Crippen molar-refractivity contribution in [1.82, 2.24) is 15.6 Å². The summed E-state index contributed by atoms with van der Waals surface area (Å²) < 4.78 is 29.3. The van der Waals surface area contributed by atoms with Gasteiger partial charge in [-0.15, -0.1) is 24.0 Å². The van der Waals surface area contributed by atoms with Crippen molar-refractivity contribution < 1.29 is 13.5 Å². The summed E-state index contributed by atoms with van der Waals surface area (Å²) in [6.45, 7) is 5.06. The third-order valence-corrected chi connectivity index (χ3v) is 2.29. The van der Waals surface area contributed by atoms with Crippen molar-refractivity contribution in [3.8, 4) is 5.88 Å². The van der Waals surface area contributed by atoms with Crippen LogP contribution in [0.2, 0.25) is 0 Å². The Morgan fingerprint density at radius 3 is 2.57 bits per heavy atom. The van der Waals surface area contributed by atoms with Gasteiger partial charge in [-0.1, -0.05) is 6.07 Å². The summed E-state index contributed by atoms with van der Waals surface area (Å²) in [5, 5.41) is 6.16. The van der Waals surface area contributed by atoms with Crippen LogP contribution in [-0.4, -0.2) is 37.1 Å². The van der Waals surface area contributed by atoms with Crippen LogP contribution in [0.3, 0.4) is 0 Å². The molecule has 0 aliphatic rings. The van der Waals surface area contributed by atoms with Crippen LogP contribution in [0.25, 0.3) is 0 Å². The van der Waals surface area contributed by atoms with Crippen molar-refractivity contribution in [2.45, 2.75) is 26.8 Å². The van der Waals surface area contributed by atoms with Crippen molar-refractivity contribution in [1.29, 1.82) is 0 Å². The SMILES string of the molecule is CCNC(=NCc1cccnc1OCC(F)F)NCC.I. The lowest BCUT2D eigenvalue weighted by molar-refractivity contribution is 0.0791. The van der Waals surface area contributed by atoms with Crippen LogP contribution in [0, 0.1) is 0 Å². The van der Waals surface area contributed by atoms with E-state index in [9.17, 15) is 8.78 Å². The summed E-state index contributed by atoms with van der Waals surface area (Å²) in [6.07, 6.45) is -1.02. The van der Waals surface area contributed by atoms with Gasteiger partial charge in [-0.3, -0.25) is 0 Å². The molecule has 0 aromatic carbocycles. The number of guanidine groups is 1. The number of rotatable bonds is 7. The fourth-order valence-electron chi connectivity index (χ4n) is 1.49. The predicted molar refractivity (Wildman–Crippen MR) is 89.6 cm³/mol. The van der Waals surface area contributed by atoms with Crippen LogP contribution in [0.5, 0.6) is 5.88 Å². The Bertz CT molecular complexity index is 424. The summed E-state index contributed by atoms with van der Waals surface area (Å²) in [6, 6.07) is 3.48. The molecule has 0 unspecified atom stereocenters. The van der Waals surface area contributed by atoms with Gasteiger partial charge in [-0.2, -0.15) is 0 Å². The Kier molecular flexibility index (Phi) is 10.8. The van der Waals surface area contributed by atoms with Crippen LogP contribution in [0.15, 0.2) is 23.3 Å². The van der Waals surface area contributed by atoms with Gasteiger partial charge >= 0.3 is 0 Å². The third kappa shape index (κ3) is 7.98. The van der Waals surface area contributed by atoms with Crippen molar-refractivity contribution in [2.24, 2.45) is 4.99 Å². The standard InChI is InChI=1S/C13H20F2N4O.HI/c1-3-16-13(17-4-2)19-8-10-6-5-7-18-12(10)20-9-11(14)15;/h5-7,11H,3-4,8-9H2,1-2H3,(H2,16,17,19);1H. The van der Waals surface area contributed by atoms with Crippen LogP contribution in [0.1, 0.15) is 19.4 Å². The lowest BCUT2D eigenvalue weighted by atomic mass is 10.3. The van der Waals surface area contributed by atoms with Gasteiger partial charge in [0.2, 0.25) is 5.88 Å². The van der Waals surface area contributed by atoms with Gasteiger partial charge in [0.05, 0.1) is 6.54 Å². The average molecular weight is 414 g/mol. The van der Waals surface area contributed by atoms with Crippen LogP contribution in [-0.2, 0) is 6.54 Å². The van der Waals surface area contributed by atoms with E-state index in [1.54, 1.807) is 12.1 Å². The fraction of sp³-hybridized carbons (Fsp3) is 0.538. The molecule has 1 aromatic rings. The van der Waals surface area contributed by atoms with Crippen molar-refractivity contribution in [3.63, 3.8) is 0 Å². The van der Waals surface area contributed by atoms with Gasteiger partial charge in [0.25, 0.3) is 6.43 Å². The zero-order chi connectivity index (χ0) is 14.8. The highest BCUT2D eigenvalue weighted by atomic mass is 127. The number of hydrogen-bond donors (Lipinski definition) is 2. The molecule has 5 nitrogen and oxygen atoms in total. The van der Waals surface area contributed by atoms with Gasteiger partial charge in [0, 0.05) is 24.8 Å². The van der Waals surface area contributed by atoms with Gasteiger partial charge in [0.15, 0.2) is 12.6 Å². The highest BCUT2D eigenvalue weighted by Gasteiger charge is 2.08. The quantitative estimate of drug-likeness (QED) is 0.409. The topological polar surface area (TPSA) is 58.5 Å². The van der Waals surface area contributed by atoms with E-state index in [2.05, 4.69) is 20.6 Å². The summed E-state index contributed by atoms with van der Waals surface area (Å²) in [4.78, 5) is 8.30. The highest BCUT2D eigenvalue weighted by Crippen LogP contribution is 2.16. The van der Waals surface area contributed by atoms with Crippen molar-refractivity contribution in [3.05, 3.63) is 23.9 Å². The number of aromatic nitrogens is 1. The second kappa shape index (κ2) is 11.5. The molecule has 0 spiro atoms. The van der Waals surface area contributed by atoms with Crippen molar-refractivity contribution in [2.75, 3.05) is 19.7 Å². The normalized spacial score (nSPS) is 9.76. The summed E-state index contributed by atoms with van der Waals surface area (Å²) >= 11 is 0.